The van der Waals surface area contributed by atoms with Gasteiger partial charge < -0.3 is 4.74 Å². The van der Waals surface area contributed by atoms with Gasteiger partial charge in [0.25, 0.3) is 0 Å². The third-order valence-corrected chi connectivity index (χ3v) is 0.953. The van der Waals surface area contributed by atoms with Gasteiger partial charge in [-0.25, -0.2) is 0 Å². The molecular formula is C8H14O2. The molecule has 0 fully saturated rings. The van der Waals surface area contributed by atoms with Crippen LogP contribution in [-0.2, 0) is 9.53 Å². The molecule has 0 atom stereocenters. The Kier molecular flexibility index (Phi) is 4.63. The summed E-state index contributed by atoms with van der Waals surface area (Å²) in [4.78, 5) is 10.6. The van der Waals surface area contributed by atoms with Crippen LogP contribution in [0.2, 0.25) is 0 Å². The van der Waals surface area contributed by atoms with Gasteiger partial charge in [-0.05, 0) is 13.8 Å². The summed E-state index contributed by atoms with van der Waals surface area (Å²) >= 11 is 0. The van der Waals surface area contributed by atoms with Crippen LogP contribution in [0.3, 0.4) is 0 Å². The Labute approximate surface area is 61.9 Å². The third-order valence-electron chi connectivity index (χ3n) is 0.953. The van der Waals surface area contributed by atoms with Crippen molar-refractivity contribution < 1.29 is 9.53 Å². The predicted molar refractivity (Wildman–Crippen MR) is 40.7 cm³/mol. The van der Waals surface area contributed by atoms with Crippen LogP contribution in [-0.4, -0.2) is 11.9 Å². The lowest BCUT2D eigenvalue weighted by molar-refractivity contribution is -0.114. The predicted octanol–water partition coefficient (Wildman–Crippen LogP) is 1.90. The van der Waals surface area contributed by atoms with E-state index in [1.165, 1.54) is 12.3 Å². The van der Waals surface area contributed by atoms with E-state index >= 15 is 0 Å². The maximum Gasteiger partial charge on any atom is 0.158 e. The first-order valence-electron chi connectivity index (χ1n) is 3.51. The minimum Gasteiger partial charge on any atom is -0.498 e. The van der Waals surface area contributed by atoms with E-state index in [9.17, 15) is 4.79 Å². The Balaban J connectivity index is 3.46. The summed E-state index contributed by atoms with van der Waals surface area (Å²) in [6, 6.07) is 0. The second-order valence-corrected chi connectivity index (χ2v) is 2.31. The summed E-state index contributed by atoms with van der Waals surface area (Å²) < 4.78 is 5.01. The Morgan fingerprint density at radius 1 is 1.60 bits per heavy atom. The van der Waals surface area contributed by atoms with Gasteiger partial charge in [0.1, 0.15) is 0 Å². The van der Waals surface area contributed by atoms with Crippen LogP contribution in [0, 0.1) is 0 Å². The zero-order valence-electron chi connectivity index (χ0n) is 6.76. The summed E-state index contributed by atoms with van der Waals surface area (Å²) in [6.07, 6.45) is 3.61. The molecule has 0 aromatic rings. The van der Waals surface area contributed by atoms with Crippen molar-refractivity contribution in [1.82, 2.24) is 0 Å². The lowest BCUT2D eigenvalue weighted by Crippen LogP contribution is -1.96. The number of carbonyl (C=O) groups excluding carboxylic acids is 1. The summed E-state index contributed by atoms with van der Waals surface area (Å²) in [5, 5.41) is 0. The van der Waals surface area contributed by atoms with E-state index in [4.69, 9.17) is 4.74 Å². The van der Waals surface area contributed by atoms with E-state index in [0.29, 0.717) is 6.42 Å². The second-order valence-electron chi connectivity index (χ2n) is 2.31. The molecule has 0 aromatic carbocycles. The van der Waals surface area contributed by atoms with Gasteiger partial charge in [0.05, 0.1) is 12.4 Å². The zero-order valence-corrected chi connectivity index (χ0v) is 6.76. The van der Waals surface area contributed by atoms with Gasteiger partial charge in [-0.3, -0.25) is 4.79 Å². The quantitative estimate of drug-likeness (QED) is 0.442. The first kappa shape index (κ1) is 9.21. The first-order chi connectivity index (χ1) is 4.66. The summed E-state index contributed by atoms with van der Waals surface area (Å²) in [6.45, 7) is 5.66. The number of rotatable bonds is 4. The average molecular weight is 142 g/mol. The first-order valence-corrected chi connectivity index (χ1v) is 3.51. The molecule has 0 rings (SSSR count). The van der Waals surface area contributed by atoms with Crippen LogP contribution in [0.4, 0.5) is 0 Å². The normalized spacial score (nSPS) is 10.8. The third kappa shape index (κ3) is 5.35. The average Bonchev–Trinajstić information content (AvgIpc) is 1.87. The number of carbonyl (C=O) groups is 1. The fraction of sp³-hybridized carbons (Fsp3) is 0.625. The molecule has 0 amide bonds. The Morgan fingerprint density at radius 2 is 2.20 bits per heavy atom. The van der Waals surface area contributed by atoms with E-state index in [1.54, 1.807) is 0 Å². The monoisotopic (exact) mass is 142 g/mol. The number of allylic oxidation sites excluding steroid dienone is 1. The highest BCUT2D eigenvalue weighted by atomic mass is 16.5. The van der Waals surface area contributed by atoms with Crippen molar-refractivity contribution in [2.24, 2.45) is 0 Å². The molecule has 0 aromatic heterocycles. The molecule has 0 radical (unpaired) electrons. The van der Waals surface area contributed by atoms with Crippen molar-refractivity contribution in [3.05, 3.63) is 12.3 Å². The van der Waals surface area contributed by atoms with E-state index in [-0.39, 0.29) is 11.9 Å². The van der Waals surface area contributed by atoms with Crippen molar-refractivity contribution >= 4 is 5.78 Å². The van der Waals surface area contributed by atoms with E-state index in [2.05, 4.69) is 0 Å². The molecule has 0 bridgehead atoms. The van der Waals surface area contributed by atoms with Gasteiger partial charge in [-0.2, -0.15) is 0 Å². The molecule has 0 spiro atoms. The molecule has 10 heavy (non-hydrogen) atoms. The van der Waals surface area contributed by atoms with Crippen LogP contribution in [0.5, 0.6) is 0 Å². The Morgan fingerprint density at radius 3 is 2.60 bits per heavy atom. The SMILES string of the molecule is CCC(=O)C=COC(C)C. The van der Waals surface area contributed by atoms with E-state index < -0.39 is 0 Å². The topological polar surface area (TPSA) is 26.3 Å². The molecule has 2 heteroatoms. The lowest BCUT2D eigenvalue weighted by Gasteiger charge is -2.01. The molecule has 0 heterocycles. The highest BCUT2D eigenvalue weighted by Gasteiger charge is 1.90. The van der Waals surface area contributed by atoms with Crippen molar-refractivity contribution in [2.45, 2.75) is 33.3 Å². The number of hydrogen-bond donors (Lipinski definition) is 0. The molecule has 0 aliphatic heterocycles. The van der Waals surface area contributed by atoms with Crippen molar-refractivity contribution in [2.75, 3.05) is 0 Å². The maximum atomic E-state index is 10.6. The van der Waals surface area contributed by atoms with Gasteiger partial charge in [-0.1, -0.05) is 6.92 Å². The number of hydrogen-bond acceptors (Lipinski definition) is 2. The minimum atomic E-state index is 0.0978. The van der Waals surface area contributed by atoms with Crippen LogP contribution in [0.25, 0.3) is 0 Å². The zero-order chi connectivity index (χ0) is 7.98. The highest BCUT2D eigenvalue weighted by molar-refractivity contribution is 5.89. The number of ketones is 1. The molecule has 58 valence electrons. The highest BCUT2D eigenvalue weighted by Crippen LogP contribution is 1.89. The van der Waals surface area contributed by atoms with Gasteiger partial charge in [0.2, 0.25) is 0 Å². The van der Waals surface area contributed by atoms with Crippen molar-refractivity contribution in [1.29, 1.82) is 0 Å². The van der Waals surface area contributed by atoms with Gasteiger partial charge in [-0.15, -0.1) is 0 Å². The van der Waals surface area contributed by atoms with Crippen LogP contribution in [0.1, 0.15) is 27.2 Å². The molecule has 0 unspecified atom stereocenters. The molecule has 2 nitrogen and oxygen atoms in total. The van der Waals surface area contributed by atoms with Crippen LogP contribution in [0.15, 0.2) is 12.3 Å². The Hall–Kier alpha value is -0.790. The van der Waals surface area contributed by atoms with Crippen molar-refractivity contribution in [3.8, 4) is 0 Å². The summed E-state index contributed by atoms with van der Waals surface area (Å²) in [5.41, 5.74) is 0. The van der Waals surface area contributed by atoms with Crippen molar-refractivity contribution in [3.63, 3.8) is 0 Å². The summed E-state index contributed by atoms with van der Waals surface area (Å²) in [5.74, 6) is 0.0978. The van der Waals surface area contributed by atoms with Gasteiger partial charge in [0, 0.05) is 12.5 Å². The maximum absolute atomic E-state index is 10.6. The molecule has 0 saturated heterocycles. The molecule has 0 saturated carbocycles. The lowest BCUT2D eigenvalue weighted by atomic mass is 10.3. The fourth-order valence-electron chi connectivity index (χ4n) is 0.390. The standard InChI is InChI=1S/C8H14O2/c1-4-8(9)5-6-10-7(2)3/h5-7H,4H2,1-3H3. The Bertz CT molecular complexity index is 125. The molecular weight excluding hydrogens is 128 g/mol. The number of ether oxygens (including phenoxy) is 1. The van der Waals surface area contributed by atoms with E-state index in [0.717, 1.165) is 0 Å². The van der Waals surface area contributed by atoms with Gasteiger partial charge in [0.15, 0.2) is 5.78 Å². The minimum absolute atomic E-state index is 0.0978. The second kappa shape index (κ2) is 5.03. The summed E-state index contributed by atoms with van der Waals surface area (Å²) in [7, 11) is 0. The molecule has 0 aliphatic carbocycles. The fourth-order valence-corrected chi connectivity index (χ4v) is 0.390. The molecule has 0 aliphatic rings. The molecule has 0 N–H and O–H groups in total. The largest absolute Gasteiger partial charge is 0.498 e. The van der Waals surface area contributed by atoms with Crippen LogP contribution >= 0.6 is 0 Å². The van der Waals surface area contributed by atoms with E-state index in [1.807, 2.05) is 20.8 Å². The smallest absolute Gasteiger partial charge is 0.158 e. The van der Waals surface area contributed by atoms with Crippen LogP contribution < -0.4 is 0 Å². The van der Waals surface area contributed by atoms with Gasteiger partial charge >= 0.3 is 0 Å².